The summed E-state index contributed by atoms with van der Waals surface area (Å²) in [5.74, 6) is 2.48. The number of amides is 2. The minimum absolute atomic E-state index is 0.177. The summed E-state index contributed by atoms with van der Waals surface area (Å²) in [7, 11) is 1.32. The Hall–Kier alpha value is -3.99. The van der Waals surface area contributed by atoms with Crippen molar-refractivity contribution in [3.63, 3.8) is 0 Å². The summed E-state index contributed by atoms with van der Waals surface area (Å²) < 4.78 is 6.62. The van der Waals surface area contributed by atoms with Crippen molar-refractivity contribution in [1.82, 2.24) is 9.38 Å². The Morgan fingerprint density at radius 2 is 2.00 bits per heavy atom. The molecular weight excluding hydrogens is 394 g/mol. The first kappa shape index (κ1) is 21.7. The molecule has 0 saturated carbocycles. The van der Waals surface area contributed by atoms with E-state index in [1.165, 1.54) is 14.0 Å². The highest BCUT2D eigenvalue weighted by molar-refractivity contribution is 5.90. The van der Waals surface area contributed by atoms with Gasteiger partial charge >= 0.3 is 6.09 Å². The third kappa shape index (κ3) is 4.78. The summed E-state index contributed by atoms with van der Waals surface area (Å²) in [4.78, 5) is 28.0. The first-order chi connectivity index (χ1) is 14.8. The number of nitrogens with one attached hydrogen (secondary N) is 3. The predicted octanol–water partition coefficient (Wildman–Crippen LogP) is 3.88. The average Bonchev–Trinajstić information content (AvgIpc) is 3.03. The zero-order chi connectivity index (χ0) is 22.5. The summed E-state index contributed by atoms with van der Waals surface area (Å²) in [6.07, 6.45) is 7.23. The molecule has 0 spiro atoms. The number of methoxy groups -OCH3 is 1. The van der Waals surface area contributed by atoms with Gasteiger partial charge in [0.2, 0.25) is 5.91 Å². The van der Waals surface area contributed by atoms with Gasteiger partial charge in [-0.25, -0.2) is 9.78 Å². The number of pyridine rings is 1. The number of anilines is 3. The Morgan fingerprint density at radius 1 is 1.23 bits per heavy atom. The van der Waals surface area contributed by atoms with Crippen LogP contribution in [0.15, 0.2) is 30.5 Å². The Kier molecular flexibility index (Phi) is 6.46. The molecule has 2 heterocycles. The SMILES string of the molecule is C#CCc1c(C)nc2c(NCc3c(C)cccc3NC(=O)OC)cc(NC(C)=O)cn12. The lowest BCUT2D eigenvalue weighted by Crippen LogP contribution is -2.15. The number of carbonyl (C=O) groups is 2. The van der Waals surface area contributed by atoms with Gasteiger partial charge in [-0.05, 0) is 37.1 Å². The fourth-order valence-electron chi connectivity index (χ4n) is 3.41. The van der Waals surface area contributed by atoms with Gasteiger partial charge in [0.25, 0.3) is 0 Å². The fraction of sp³-hybridized carbons (Fsp3) is 0.261. The van der Waals surface area contributed by atoms with Crippen molar-refractivity contribution < 1.29 is 14.3 Å². The van der Waals surface area contributed by atoms with Crippen LogP contribution < -0.4 is 16.0 Å². The van der Waals surface area contributed by atoms with Gasteiger partial charge in [-0.1, -0.05) is 12.1 Å². The second kappa shape index (κ2) is 9.22. The van der Waals surface area contributed by atoms with Gasteiger partial charge in [-0.3, -0.25) is 14.5 Å². The summed E-state index contributed by atoms with van der Waals surface area (Å²) >= 11 is 0. The lowest BCUT2D eigenvalue weighted by atomic mass is 10.1. The number of rotatable bonds is 6. The maximum atomic E-state index is 11.7. The molecular formula is C23H25N5O3. The van der Waals surface area contributed by atoms with Gasteiger partial charge in [0, 0.05) is 25.4 Å². The molecule has 160 valence electrons. The third-order valence-corrected chi connectivity index (χ3v) is 4.90. The number of carbonyl (C=O) groups excluding carboxylic acids is 2. The number of hydrogen-bond acceptors (Lipinski definition) is 5. The van der Waals surface area contributed by atoms with Crippen molar-refractivity contribution in [2.45, 2.75) is 33.7 Å². The summed E-state index contributed by atoms with van der Waals surface area (Å²) in [5, 5.41) is 8.95. The van der Waals surface area contributed by atoms with Gasteiger partial charge in [-0.2, -0.15) is 0 Å². The number of nitrogens with zero attached hydrogens (tertiary/aromatic N) is 2. The second-order valence-corrected chi connectivity index (χ2v) is 7.11. The van der Waals surface area contributed by atoms with Crippen LogP contribution in [0.2, 0.25) is 0 Å². The first-order valence-corrected chi connectivity index (χ1v) is 9.74. The van der Waals surface area contributed by atoms with Crippen LogP contribution in [0.1, 0.15) is 29.4 Å². The molecule has 8 nitrogen and oxygen atoms in total. The molecule has 2 aromatic heterocycles. The minimum atomic E-state index is -0.537. The van der Waals surface area contributed by atoms with E-state index >= 15 is 0 Å². The Bertz CT molecular complexity index is 1190. The molecule has 31 heavy (non-hydrogen) atoms. The highest BCUT2D eigenvalue weighted by atomic mass is 16.5. The van der Waals surface area contributed by atoms with Crippen LogP contribution in [0, 0.1) is 26.2 Å². The van der Waals surface area contributed by atoms with Crippen molar-refractivity contribution in [2.75, 3.05) is 23.1 Å². The molecule has 0 fully saturated rings. The third-order valence-electron chi connectivity index (χ3n) is 4.90. The smallest absolute Gasteiger partial charge is 0.411 e. The highest BCUT2D eigenvalue weighted by Crippen LogP contribution is 2.27. The van der Waals surface area contributed by atoms with E-state index in [4.69, 9.17) is 11.2 Å². The van der Waals surface area contributed by atoms with Gasteiger partial charge in [0.05, 0.1) is 36.3 Å². The molecule has 1 aromatic carbocycles. The number of benzene rings is 1. The zero-order valence-corrected chi connectivity index (χ0v) is 18.0. The van der Waals surface area contributed by atoms with Crippen molar-refractivity contribution in [1.29, 1.82) is 0 Å². The van der Waals surface area contributed by atoms with Crippen LogP contribution in [-0.2, 0) is 22.5 Å². The van der Waals surface area contributed by atoms with Gasteiger partial charge in [-0.15, -0.1) is 12.3 Å². The topological polar surface area (TPSA) is 96.8 Å². The quantitative estimate of drug-likeness (QED) is 0.527. The number of imidazole rings is 1. The van der Waals surface area contributed by atoms with Crippen LogP contribution in [0.5, 0.6) is 0 Å². The monoisotopic (exact) mass is 419 g/mol. The molecule has 3 aromatic rings. The van der Waals surface area contributed by atoms with Crippen LogP contribution >= 0.6 is 0 Å². The molecule has 0 unspecified atom stereocenters. The maximum Gasteiger partial charge on any atom is 0.411 e. The normalized spacial score (nSPS) is 10.4. The fourth-order valence-corrected chi connectivity index (χ4v) is 3.41. The zero-order valence-electron chi connectivity index (χ0n) is 18.0. The number of terminal acetylenes is 1. The van der Waals surface area contributed by atoms with Gasteiger partial charge in [0.15, 0.2) is 5.65 Å². The molecule has 0 aliphatic carbocycles. The maximum absolute atomic E-state index is 11.7. The Balaban J connectivity index is 2.02. The number of hydrogen-bond donors (Lipinski definition) is 3. The largest absolute Gasteiger partial charge is 0.453 e. The van der Waals surface area contributed by atoms with E-state index < -0.39 is 6.09 Å². The molecule has 0 aliphatic heterocycles. The number of fused-ring (bicyclic) bond motifs is 1. The molecule has 0 atom stereocenters. The van der Waals surface area contributed by atoms with E-state index in [0.29, 0.717) is 30.0 Å². The Morgan fingerprint density at radius 3 is 2.68 bits per heavy atom. The molecule has 3 N–H and O–H groups in total. The van der Waals surface area contributed by atoms with Crippen LogP contribution in [0.25, 0.3) is 5.65 Å². The van der Waals surface area contributed by atoms with Crippen LogP contribution in [-0.4, -0.2) is 28.5 Å². The van der Waals surface area contributed by atoms with Crippen molar-refractivity contribution in [3.8, 4) is 12.3 Å². The minimum Gasteiger partial charge on any atom is -0.453 e. The van der Waals surface area contributed by atoms with E-state index in [9.17, 15) is 9.59 Å². The lowest BCUT2D eigenvalue weighted by molar-refractivity contribution is -0.114. The summed E-state index contributed by atoms with van der Waals surface area (Å²) in [5.41, 5.74) is 6.32. The van der Waals surface area contributed by atoms with E-state index in [1.54, 1.807) is 0 Å². The van der Waals surface area contributed by atoms with E-state index in [2.05, 4.69) is 26.9 Å². The molecule has 8 heteroatoms. The molecule has 2 amide bonds. The number of aryl methyl sites for hydroxylation is 2. The predicted molar refractivity (Wildman–Crippen MR) is 121 cm³/mol. The molecule has 3 rings (SSSR count). The van der Waals surface area contributed by atoms with Gasteiger partial charge in [0.1, 0.15) is 0 Å². The standard InChI is InChI=1S/C23H25N5O3/c1-6-8-21-15(3)25-22-20(11-17(13-28(21)22)26-16(4)29)24-12-18-14(2)9-7-10-19(18)27-23(30)31-5/h1,7,9-11,13,24H,8,12H2,2-5H3,(H,26,29)(H,27,30). The molecule has 0 radical (unpaired) electrons. The van der Waals surface area contributed by atoms with E-state index in [0.717, 1.165) is 28.2 Å². The summed E-state index contributed by atoms with van der Waals surface area (Å²) in [6, 6.07) is 7.47. The van der Waals surface area contributed by atoms with Crippen LogP contribution in [0.4, 0.5) is 21.9 Å². The van der Waals surface area contributed by atoms with E-state index in [-0.39, 0.29) is 5.91 Å². The molecule has 0 saturated heterocycles. The van der Waals surface area contributed by atoms with E-state index in [1.807, 2.05) is 48.7 Å². The lowest BCUT2D eigenvalue weighted by Gasteiger charge is -2.16. The van der Waals surface area contributed by atoms with Gasteiger partial charge < -0.3 is 15.4 Å². The second-order valence-electron chi connectivity index (χ2n) is 7.11. The average molecular weight is 419 g/mol. The summed E-state index contributed by atoms with van der Waals surface area (Å²) in [6.45, 7) is 5.74. The first-order valence-electron chi connectivity index (χ1n) is 9.74. The van der Waals surface area contributed by atoms with Crippen LogP contribution in [0.3, 0.4) is 0 Å². The molecule has 0 aliphatic rings. The number of ether oxygens (including phenoxy) is 1. The Labute approximate surface area is 181 Å². The van der Waals surface area contributed by atoms with Crippen molar-refractivity contribution in [3.05, 3.63) is 53.0 Å². The van der Waals surface area contributed by atoms with Crippen molar-refractivity contribution in [2.24, 2.45) is 0 Å². The molecule has 0 bridgehead atoms. The number of aromatic nitrogens is 2. The highest BCUT2D eigenvalue weighted by Gasteiger charge is 2.15. The van der Waals surface area contributed by atoms with Crippen molar-refractivity contribution >= 4 is 34.7 Å².